The van der Waals surface area contributed by atoms with Crippen molar-refractivity contribution >= 4 is 23.5 Å². The summed E-state index contributed by atoms with van der Waals surface area (Å²) in [5, 5.41) is 14.3. The van der Waals surface area contributed by atoms with Crippen LogP contribution in [0.2, 0.25) is 0 Å². The van der Waals surface area contributed by atoms with Gasteiger partial charge in [-0.1, -0.05) is 6.92 Å². The molecule has 174 valence electrons. The molecule has 0 aromatic carbocycles. The molecule has 1 aliphatic heterocycles. The van der Waals surface area contributed by atoms with Gasteiger partial charge in [0.05, 0.1) is 18.0 Å². The van der Waals surface area contributed by atoms with E-state index in [2.05, 4.69) is 10.6 Å². The van der Waals surface area contributed by atoms with Gasteiger partial charge in [-0.3, -0.25) is 19.2 Å². The normalized spacial score (nSPS) is 19.1. The SMILES string of the molecule is CC(=O)NC(CCCCN)C(=O)NC(C)C(=O)C(C)C(N)(N)C(=O)N1CCCC1C#N. The van der Waals surface area contributed by atoms with Gasteiger partial charge >= 0.3 is 0 Å². The number of carbonyl (C=O) groups excluding carboxylic acids is 4. The molecule has 3 amide bonds. The van der Waals surface area contributed by atoms with Crippen molar-refractivity contribution in [3.8, 4) is 6.07 Å². The third kappa shape index (κ3) is 6.99. The first kappa shape index (κ1) is 26.5. The molecule has 1 heterocycles. The number of ketones is 1. The molecule has 0 aromatic heterocycles. The minimum Gasteiger partial charge on any atom is -0.345 e. The summed E-state index contributed by atoms with van der Waals surface area (Å²) in [5.41, 5.74) is 15.6. The quantitative estimate of drug-likeness (QED) is 0.189. The Morgan fingerprint density at radius 2 is 1.84 bits per heavy atom. The van der Waals surface area contributed by atoms with Crippen LogP contribution in [0, 0.1) is 17.2 Å². The molecule has 1 fully saturated rings. The highest BCUT2D eigenvalue weighted by molar-refractivity contribution is 5.98. The van der Waals surface area contributed by atoms with Crippen molar-refractivity contribution in [2.45, 2.75) is 76.7 Å². The zero-order valence-electron chi connectivity index (χ0n) is 18.5. The first-order chi connectivity index (χ1) is 14.5. The number of nitriles is 1. The van der Waals surface area contributed by atoms with Gasteiger partial charge in [-0.25, -0.2) is 0 Å². The average Bonchev–Trinajstić information content (AvgIpc) is 3.19. The third-order valence-electron chi connectivity index (χ3n) is 5.60. The molecule has 0 radical (unpaired) electrons. The first-order valence-electron chi connectivity index (χ1n) is 10.6. The predicted molar refractivity (Wildman–Crippen MR) is 114 cm³/mol. The van der Waals surface area contributed by atoms with E-state index in [-0.39, 0.29) is 5.91 Å². The van der Waals surface area contributed by atoms with Crippen LogP contribution in [0.1, 0.15) is 52.9 Å². The van der Waals surface area contributed by atoms with Crippen molar-refractivity contribution in [2.75, 3.05) is 13.1 Å². The molecule has 4 unspecified atom stereocenters. The van der Waals surface area contributed by atoms with E-state index in [1.54, 1.807) is 0 Å². The summed E-state index contributed by atoms with van der Waals surface area (Å²) in [6.45, 7) is 5.01. The molecule has 1 rings (SSSR count). The van der Waals surface area contributed by atoms with Crippen LogP contribution in [0.15, 0.2) is 0 Å². The fourth-order valence-electron chi connectivity index (χ4n) is 3.58. The maximum atomic E-state index is 12.9. The molecular formula is C20H35N7O4. The fraction of sp³-hybridized carbons (Fsp3) is 0.750. The van der Waals surface area contributed by atoms with E-state index in [1.165, 1.54) is 25.7 Å². The second-order valence-corrected chi connectivity index (χ2v) is 8.11. The summed E-state index contributed by atoms with van der Waals surface area (Å²) in [6.07, 6.45) is 2.89. The van der Waals surface area contributed by atoms with Crippen LogP contribution < -0.4 is 27.8 Å². The lowest BCUT2D eigenvalue weighted by molar-refractivity contribution is -0.143. The lowest BCUT2D eigenvalue weighted by Crippen LogP contribution is -2.68. The van der Waals surface area contributed by atoms with Crippen molar-refractivity contribution in [1.82, 2.24) is 15.5 Å². The van der Waals surface area contributed by atoms with Crippen LogP contribution in [0.3, 0.4) is 0 Å². The summed E-state index contributed by atoms with van der Waals surface area (Å²) in [4.78, 5) is 51.0. The van der Waals surface area contributed by atoms with E-state index in [9.17, 15) is 24.4 Å². The Hall–Kier alpha value is -2.55. The Morgan fingerprint density at radius 3 is 2.39 bits per heavy atom. The monoisotopic (exact) mass is 437 g/mol. The Morgan fingerprint density at radius 1 is 1.19 bits per heavy atom. The largest absolute Gasteiger partial charge is 0.345 e. The van der Waals surface area contributed by atoms with Crippen molar-refractivity contribution in [3.05, 3.63) is 0 Å². The van der Waals surface area contributed by atoms with E-state index >= 15 is 0 Å². The zero-order valence-corrected chi connectivity index (χ0v) is 18.5. The van der Waals surface area contributed by atoms with Gasteiger partial charge in [0.1, 0.15) is 12.1 Å². The average molecular weight is 438 g/mol. The number of nitrogens with two attached hydrogens (primary N) is 3. The van der Waals surface area contributed by atoms with E-state index in [0.717, 1.165) is 0 Å². The standard InChI is InChI=1S/C20H35N7O4/c1-12(20(23,24)19(31)27-10-6-7-15(27)11-22)17(29)13(2)25-18(30)16(26-14(3)28)8-4-5-9-21/h12-13,15-16H,4-10,21,23-24H2,1-3H3,(H,25,30)(H,26,28). The number of hydrogen-bond acceptors (Lipinski definition) is 8. The zero-order chi connectivity index (χ0) is 23.8. The Kier molecular flexibility index (Phi) is 10.0. The molecule has 11 heteroatoms. The van der Waals surface area contributed by atoms with Gasteiger partial charge < -0.3 is 32.7 Å². The number of rotatable bonds is 11. The Labute approximate surface area is 183 Å². The minimum atomic E-state index is -2.02. The molecule has 0 saturated carbocycles. The summed E-state index contributed by atoms with van der Waals surface area (Å²) in [7, 11) is 0. The molecule has 8 N–H and O–H groups in total. The van der Waals surface area contributed by atoms with E-state index < -0.39 is 47.3 Å². The van der Waals surface area contributed by atoms with Crippen LogP contribution in [0.25, 0.3) is 0 Å². The topological polar surface area (TPSA) is 197 Å². The number of likely N-dealkylation sites (tertiary alicyclic amines) is 1. The smallest absolute Gasteiger partial charge is 0.259 e. The number of nitrogens with one attached hydrogen (secondary N) is 2. The lowest BCUT2D eigenvalue weighted by Gasteiger charge is -2.35. The molecule has 0 bridgehead atoms. The summed E-state index contributed by atoms with van der Waals surface area (Å²) in [5.74, 6) is -3.20. The van der Waals surface area contributed by atoms with Gasteiger partial charge in [-0.15, -0.1) is 0 Å². The van der Waals surface area contributed by atoms with Gasteiger partial charge in [0.15, 0.2) is 11.4 Å². The molecule has 1 saturated heterocycles. The minimum absolute atomic E-state index is 0.349. The highest BCUT2D eigenvalue weighted by Gasteiger charge is 2.46. The lowest BCUT2D eigenvalue weighted by atomic mass is 9.87. The van der Waals surface area contributed by atoms with Crippen molar-refractivity contribution in [3.63, 3.8) is 0 Å². The van der Waals surface area contributed by atoms with E-state index in [0.29, 0.717) is 45.2 Å². The number of Topliss-reactive ketones (excluding diaryl/α,β-unsaturated/α-hetero) is 1. The van der Waals surface area contributed by atoms with Crippen LogP contribution in [0.5, 0.6) is 0 Å². The number of nitrogens with zero attached hydrogens (tertiary/aromatic N) is 2. The van der Waals surface area contributed by atoms with Gasteiger partial charge in [0.25, 0.3) is 5.91 Å². The van der Waals surface area contributed by atoms with E-state index in [1.807, 2.05) is 6.07 Å². The fourth-order valence-corrected chi connectivity index (χ4v) is 3.58. The molecule has 0 spiro atoms. The highest BCUT2D eigenvalue weighted by Crippen LogP contribution is 2.22. The van der Waals surface area contributed by atoms with Crippen molar-refractivity contribution < 1.29 is 19.2 Å². The molecule has 4 atom stereocenters. The van der Waals surface area contributed by atoms with Crippen LogP contribution in [-0.4, -0.2) is 65.3 Å². The molecule has 0 aromatic rings. The predicted octanol–water partition coefficient (Wildman–Crippen LogP) is -1.54. The maximum Gasteiger partial charge on any atom is 0.259 e. The third-order valence-corrected chi connectivity index (χ3v) is 5.60. The van der Waals surface area contributed by atoms with Crippen molar-refractivity contribution in [2.24, 2.45) is 23.1 Å². The van der Waals surface area contributed by atoms with Gasteiger partial charge in [0.2, 0.25) is 11.8 Å². The van der Waals surface area contributed by atoms with Crippen LogP contribution >= 0.6 is 0 Å². The second-order valence-electron chi connectivity index (χ2n) is 8.11. The van der Waals surface area contributed by atoms with Gasteiger partial charge in [0, 0.05) is 13.5 Å². The molecule has 11 nitrogen and oxygen atoms in total. The molecule has 1 aliphatic rings. The Bertz CT molecular complexity index is 719. The van der Waals surface area contributed by atoms with Gasteiger partial charge in [-0.05, 0) is 45.6 Å². The number of carbonyl (C=O) groups is 4. The second kappa shape index (κ2) is 11.7. The number of unbranched alkanes of at least 4 members (excludes halogenated alkanes) is 1. The summed E-state index contributed by atoms with van der Waals surface area (Å²) < 4.78 is 0. The van der Waals surface area contributed by atoms with Crippen LogP contribution in [0.4, 0.5) is 0 Å². The summed E-state index contributed by atoms with van der Waals surface area (Å²) in [6, 6.07) is -0.373. The van der Waals surface area contributed by atoms with Crippen LogP contribution in [-0.2, 0) is 19.2 Å². The van der Waals surface area contributed by atoms with E-state index in [4.69, 9.17) is 17.2 Å². The summed E-state index contributed by atoms with van der Waals surface area (Å²) >= 11 is 0. The first-order valence-corrected chi connectivity index (χ1v) is 10.6. The molecule has 0 aliphatic carbocycles. The van der Waals surface area contributed by atoms with Gasteiger partial charge in [-0.2, -0.15) is 5.26 Å². The Balaban J connectivity index is 2.82. The molecular weight excluding hydrogens is 402 g/mol. The number of hydrogen-bond donors (Lipinski definition) is 5. The number of amides is 3. The highest BCUT2D eigenvalue weighted by atomic mass is 16.2. The molecule has 31 heavy (non-hydrogen) atoms. The van der Waals surface area contributed by atoms with Crippen molar-refractivity contribution in [1.29, 1.82) is 5.26 Å². The maximum absolute atomic E-state index is 12.9.